The van der Waals surface area contributed by atoms with Crippen LogP contribution < -0.4 is 5.14 Å². The lowest BCUT2D eigenvalue weighted by Gasteiger charge is -2.10. The van der Waals surface area contributed by atoms with Gasteiger partial charge >= 0.3 is 5.97 Å². The number of rotatable bonds is 6. The molecule has 2 heterocycles. The minimum atomic E-state index is -3.78. The minimum absolute atomic E-state index is 0.000138. The topological polar surface area (TPSA) is 122 Å². The van der Waals surface area contributed by atoms with Gasteiger partial charge in [0.05, 0.1) is 11.2 Å². The maximum absolute atomic E-state index is 12.5. The predicted molar refractivity (Wildman–Crippen MR) is 99.9 cm³/mol. The maximum Gasteiger partial charge on any atom is 0.374 e. The van der Waals surface area contributed by atoms with Crippen LogP contribution in [-0.2, 0) is 14.8 Å². The highest BCUT2D eigenvalue weighted by molar-refractivity contribution is 7.89. The molecule has 0 aliphatic rings. The van der Waals surface area contributed by atoms with Crippen molar-refractivity contribution in [2.75, 3.05) is 6.61 Å². The van der Waals surface area contributed by atoms with E-state index in [2.05, 4.69) is 0 Å². The fourth-order valence-electron chi connectivity index (χ4n) is 2.90. The van der Waals surface area contributed by atoms with Crippen LogP contribution in [0.2, 0.25) is 0 Å². The second-order valence-corrected chi connectivity index (χ2v) is 7.70. The number of ketones is 1. The number of carbonyl (C=O) groups excluding carboxylic acids is 2. The van der Waals surface area contributed by atoms with E-state index in [1.807, 2.05) is 6.92 Å². The van der Waals surface area contributed by atoms with Crippen LogP contribution in [0.25, 0.3) is 5.69 Å². The highest BCUT2D eigenvalue weighted by Crippen LogP contribution is 2.22. The van der Waals surface area contributed by atoms with Crippen LogP contribution in [0.1, 0.15) is 32.3 Å². The molecule has 0 atom stereocenters. The number of primary sulfonamides is 1. The zero-order valence-electron chi connectivity index (χ0n) is 15.2. The summed E-state index contributed by atoms with van der Waals surface area (Å²) >= 11 is 0. The van der Waals surface area contributed by atoms with E-state index in [0.717, 1.165) is 5.69 Å². The Morgan fingerprint density at radius 3 is 2.39 bits per heavy atom. The van der Waals surface area contributed by atoms with Gasteiger partial charge in [-0.1, -0.05) is 0 Å². The van der Waals surface area contributed by atoms with Crippen LogP contribution >= 0.6 is 0 Å². The van der Waals surface area contributed by atoms with Crippen molar-refractivity contribution in [3.05, 3.63) is 71.4 Å². The molecule has 0 radical (unpaired) electrons. The van der Waals surface area contributed by atoms with Crippen molar-refractivity contribution >= 4 is 21.8 Å². The van der Waals surface area contributed by atoms with E-state index >= 15 is 0 Å². The van der Waals surface area contributed by atoms with Gasteiger partial charge < -0.3 is 13.7 Å². The van der Waals surface area contributed by atoms with Gasteiger partial charge in [0.15, 0.2) is 6.61 Å². The Hall–Kier alpha value is -3.17. The lowest BCUT2D eigenvalue weighted by Crippen LogP contribution is -2.14. The molecule has 146 valence electrons. The first-order valence-corrected chi connectivity index (χ1v) is 9.79. The number of sulfonamides is 1. The van der Waals surface area contributed by atoms with Crippen molar-refractivity contribution in [2.45, 2.75) is 18.7 Å². The molecule has 8 nitrogen and oxygen atoms in total. The molecule has 9 heteroatoms. The second-order valence-electron chi connectivity index (χ2n) is 6.14. The summed E-state index contributed by atoms with van der Waals surface area (Å²) in [6.45, 7) is 3.14. The van der Waals surface area contributed by atoms with Crippen LogP contribution in [0.4, 0.5) is 0 Å². The first-order chi connectivity index (χ1) is 13.2. The van der Waals surface area contributed by atoms with Gasteiger partial charge in [0.25, 0.3) is 0 Å². The summed E-state index contributed by atoms with van der Waals surface area (Å²) in [6, 6.07) is 10.7. The number of furan rings is 1. The summed E-state index contributed by atoms with van der Waals surface area (Å²) in [5.41, 5.74) is 2.48. The Balaban J connectivity index is 1.81. The number of Topliss-reactive ketones (excluding diaryl/α,β-unsaturated/α-hetero) is 1. The molecule has 3 rings (SSSR count). The van der Waals surface area contributed by atoms with E-state index in [4.69, 9.17) is 14.3 Å². The van der Waals surface area contributed by atoms with Crippen LogP contribution in [-0.4, -0.2) is 31.3 Å². The Bertz CT molecular complexity index is 1130. The van der Waals surface area contributed by atoms with Crippen molar-refractivity contribution < 1.29 is 27.2 Å². The van der Waals surface area contributed by atoms with Crippen molar-refractivity contribution in [3.8, 4) is 5.69 Å². The molecular formula is C19H18N2O6S. The van der Waals surface area contributed by atoms with Gasteiger partial charge in [-0.05, 0) is 56.3 Å². The smallest absolute Gasteiger partial charge is 0.374 e. The van der Waals surface area contributed by atoms with Crippen LogP contribution in [0, 0.1) is 13.8 Å². The van der Waals surface area contributed by atoms with E-state index in [1.165, 1.54) is 24.5 Å². The predicted octanol–water partition coefficient (Wildman–Crippen LogP) is 2.37. The molecule has 0 unspecified atom stereocenters. The molecular weight excluding hydrogens is 384 g/mol. The molecule has 0 saturated carbocycles. The molecule has 28 heavy (non-hydrogen) atoms. The third-order valence-electron chi connectivity index (χ3n) is 4.21. The zero-order chi connectivity index (χ0) is 20.5. The van der Waals surface area contributed by atoms with E-state index in [9.17, 15) is 18.0 Å². The average molecular weight is 402 g/mol. The van der Waals surface area contributed by atoms with Crippen molar-refractivity contribution in [3.63, 3.8) is 0 Å². The Morgan fingerprint density at radius 1 is 1.14 bits per heavy atom. The quantitative estimate of drug-likeness (QED) is 0.499. The summed E-state index contributed by atoms with van der Waals surface area (Å²) < 4.78 is 34.5. The number of nitrogens with two attached hydrogens (primary N) is 1. The van der Waals surface area contributed by atoms with Gasteiger partial charge in [0.1, 0.15) is 0 Å². The lowest BCUT2D eigenvalue weighted by atomic mass is 10.1. The summed E-state index contributed by atoms with van der Waals surface area (Å²) in [6.07, 6.45) is 1.34. The van der Waals surface area contributed by atoms with Crippen molar-refractivity contribution in [2.24, 2.45) is 5.14 Å². The summed E-state index contributed by atoms with van der Waals surface area (Å²) in [4.78, 5) is 24.3. The number of hydrogen-bond acceptors (Lipinski definition) is 6. The highest BCUT2D eigenvalue weighted by atomic mass is 32.2. The number of benzene rings is 1. The first kappa shape index (κ1) is 19.6. The van der Waals surface area contributed by atoms with Crippen LogP contribution in [0.5, 0.6) is 0 Å². The summed E-state index contributed by atoms with van der Waals surface area (Å²) in [7, 11) is -3.78. The van der Waals surface area contributed by atoms with Gasteiger partial charge in [-0.15, -0.1) is 0 Å². The molecule has 0 aliphatic carbocycles. The molecule has 0 aliphatic heterocycles. The van der Waals surface area contributed by atoms with E-state index in [0.29, 0.717) is 16.9 Å². The molecule has 0 amide bonds. The monoisotopic (exact) mass is 402 g/mol. The van der Waals surface area contributed by atoms with Crippen LogP contribution in [0.3, 0.4) is 0 Å². The molecule has 0 spiro atoms. The largest absolute Gasteiger partial charge is 0.457 e. The lowest BCUT2D eigenvalue weighted by molar-refractivity contribution is 0.0444. The number of carbonyl (C=O) groups is 2. The van der Waals surface area contributed by atoms with E-state index < -0.39 is 22.6 Å². The molecule has 0 saturated heterocycles. The van der Waals surface area contributed by atoms with Gasteiger partial charge in [0, 0.05) is 22.6 Å². The number of ether oxygens (including phenoxy) is 1. The summed E-state index contributed by atoms with van der Waals surface area (Å²) in [5, 5.41) is 5.11. The highest BCUT2D eigenvalue weighted by Gasteiger charge is 2.19. The Kier molecular flexibility index (Phi) is 5.21. The zero-order valence-corrected chi connectivity index (χ0v) is 16.0. The fraction of sp³-hybridized carbons (Fsp3) is 0.158. The number of aryl methyl sites for hydroxylation is 1. The molecule has 1 aromatic carbocycles. The minimum Gasteiger partial charge on any atom is -0.457 e. The number of nitrogens with zero attached hydrogens (tertiary/aromatic N) is 1. The molecule has 2 N–H and O–H groups in total. The first-order valence-electron chi connectivity index (χ1n) is 8.24. The normalized spacial score (nSPS) is 11.4. The number of aromatic nitrogens is 1. The van der Waals surface area contributed by atoms with Crippen LogP contribution in [0.15, 0.2) is 58.0 Å². The molecule has 0 fully saturated rings. The maximum atomic E-state index is 12.5. The van der Waals surface area contributed by atoms with Gasteiger partial charge in [0.2, 0.25) is 21.6 Å². The van der Waals surface area contributed by atoms with Crippen molar-refractivity contribution in [1.29, 1.82) is 0 Å². The SMILES string of the molecule is Cc1cc(C(=O)COC(=O)c2ccco2)c(C)n1-c1ccc(S(N)(=O)=O)cc1. The molecule has 0 bridgehead atoms. The average Bonchev–Trinajstić information content (AvgIpc) is 3.27. The van der Waals surface area contributed by atoms with Gasteiger partial charge in [-0.25, -0.2) is 18.4 Å². The van der Waals surface area contributed by atoms with E-state index in [1.54, 1.807) is 35.8 Å². The molecule has 2 aromatic heterocycles. The molecule has 3 aromatic rings. The van der Waals surface area contributed by atoms with Crippen molar-refractivity contribution in [1.82, 2.24) is 4.57 Å². The van der Waals surface area contributed by atoms with Gasteiger partial charge in [-0.3, -0.25) is 4.79 Å². The second kappa shape index (κ2) is 7.45. The number of esters is 1. The Morgan fingerprint density at radius 2 is 1.82 bits per heavy atom. The fourth-order valence-corrected chi connectivity index (χ4v) is 3.42. The third-order valence-corrected chi connectivity index (χ3v) is 5.14. The van der Waals surface area contributed by atoms with Gasteiger partial charge in [-0.2, -0.15) is 0 Å². The number of hydrogen-bond donors (Lipinski definition) is 1. The third kappa shape index (κ3) is 3.90. The van der Waals surface area contributed by atoms with E-state index in [-0.39, 0.29) is 16.4 Å². The standard InChI is InChI=1S/C19H18N2O6S/c1-12-10-16(17(22)11-27-19(23)18-4-3-9-26-18)13(2)21(12)14-5-7-15(8-6-14)28(20,24)25/h3-10H,11H2,1-2H3,(H2,20,24,25). The summed E-state index contributed by atoms with van der Waals surface area (Å²) in [5.74, 6) is -1.06. The Labute approximate surface area is 161 Å².